The van der Waals surface area contributed by atoms with Crippen molar-refractivity contribution in [1.82, 2.24) is 0 Å². The first kappa shape index (κ1) is 23.1. The maximum atomic E-state index is 12.6. The number of aryl methyl sites for hydroxylation is 1. The van der Waals surface area contributed by atoms with Gasteiger partial charge in [0.05, 0.1) is 16.6 Å². The molecule has 1 aliphatic carbocycles. The van der Waals surface area contributed by atoms with Crippen LogP contribution in [-0.2, 0) is 22.4 Å². The van der Waals surface area contributed by atoms with Crippen molar-refractivity contribution in [1.29, 1.82) is 0 Å². The van der Waals surface area contributed by atoms with Crippen LogP contribution in [0.4, 0.5) is 5.00 Å². The average molecular weight is 515 g/mol. The lowest BCUT2D eigenvalue weighted by atomic mass is 9.88. The van der Waals surface area contributed by atoms with Crippen LogP contribution in [0.25, 0.3) is 0 Å². The van der Waals surface area contributed by atoms with Gasteiger partial charge < -0.3 is 14.8 Å². The Morgan fingerprint density at radius 2 is 2.10 bits per heavy atom. The molecule has 0 spiro atoms. The SMILES string of the molecule is CCOC(=O)c1c(NC(=O)COc2cc(C)c(Cl)c(C)c2Br)sc2c1CCC(C)C2. The van der Waals surface area contributed by atoms with E-state index in [0.717, 1.165) is 45.3 Å². The number of rotatable bonds is 6. The molecule has 0 aliphatic heterocycles. The van der Waals surface area contributed by atoms with Gasteiger partial charge in [0.2, 0.25) is 0 Å². The molecular formula is C22H25BrClNO4S. The van der Waals surface area contributed by atoms with E-state index in [1.165, 1.54) is 11.3 Å². The third kappa shape index (κ3) is 4.84. The second kappa shape index (κ2) is 9.71. The molecule has 8 heteroatoms. The quantitative estimate of drug-likeness (QED) is 0.473. The zero-order valence-corrected chi connectivity index (χ0v) is 20.6. The molecule has 0 bridgehead atoms. The zero-order valence-electron chi connectivity index (χ0n) is 17.5. The fourth-order valence-corrected chi connectivity index (χ4v) is 5.67. The van der Waals surface area contributed by atoms with E-state index in [4.69, 9.17) is 21.1 Å². The molecule has 5 nitrogen and oxygen atoms in total. The first-order valence-corrected chi connectivity index (χ1v) is 11.9. The maximum absolute atomic E-state index is 12.6. The van der Waals surface area contributed by atoms with Crippen LogP contribution in [0.2, 0.25) is 5.02 Å². The van der Waals surface area contributed by atoms with Crippen molar-refractivity contribution in [3.05, 3.63) is 42.7 Å². The standard InChI is InChI=1S/C22H25BrClNO4S/c1-5-28-22(27)18-14-7-6-11(2)8-16(14)30-21(18)25-17(26)10-29-15-9-12(3)20(24)13(4)19(15)23/h9,11H,5-8,10H2,1-4H3,(H,25,26). The largest absolute Gasteiger partial charge is 0.483 e. The highest BCUT2D eigenvalue weighted by Crippen LogP contribution is 2.40. The second-order valence-corrected chi connectivity index (χ2v) is 9.83. The van der Waals surface area contributed by atoms with Crippen molar-refractivity contribution in [2.75, 3.05) is 18.5 Å². The lowest BCUT2D eigenvalue weighted by Gasteiger charge is -2.18. The average Bonchev–Trinajstić information content (AvgIpc) is 3.05. The molecule has 1 aromatic carbocycles. The minimum absolute atomic E-state index is 0.180. The lowest BCUT2D eigenvalue weighted by Crippen LogP contribution is -2.21. The lowest BCUT2D eigenvalue weighted by molar-refractivity contribution is -0.118. The van der Waals surface area contributed by atoms with Crippen LogP contribution in [0.1, 0.15) is 52.2 Å². The Labute approximate surface area is 194 Å². The monoisotopic (exact) mass is 513 g/mol. The van der Waals surface area contributed by atoms with Crippen LogP contribution in [0.15, 0.2) is 10.5 Å². The highest BCUT2D eigenvalue weighted by Gasteiger charge is 2.29. The van der Waals surface area contributed by atoms with Crippen LogP contribution in [-0.4, -0.2) is 25.1 Å². The highest BCUT2D eigenvalue weighted by atomic mass is 79.9. The Bertz CT molecular complexity index is 988. The predicted molar refractivity (Wildman–Crippen MR) is 124 cm³/mol. The van der Waals surface area contributed by atoms with Crippen molar-refractivity contribution in [2.24, 2.45) is 5.92 Å². The van der Waals surface area contributed by atoms with Gasteiger partial charge in [0.1, 0.15) is 10.8 Å². The van der Waals surface area contributed by atoms with Crippen molar-refractivity contribution in [3.63, 3.8) is 0 Å². The molecule has 30 heavy (non-hydrogen) atoms. The number of carbonyl (C=O) groups is 2. The van der Waals surface area contributed by atoms with Gasteiger partial charge in [-0.2, -0.15) is 0 Å². The third-order valence-electron chi connectivity index (χ3n) is 5.17. The normalized spacial score (nSPS) is 15.5. The van der Waals surface area contributed by atoms with Crippen molar-refractivity contribution >= 4 is 55.7 Å². The number of halogens is 2. The molecule has 2 aromatic rings. The molecule has 0 radical (unpaired) electrons. The molecule has 0 saturated carbocycles. The number of hydrogen-bond donors (Lipinski definition) is 1. The van der Waals surface area contributed by atoms with Gasteiger partial charge in [0.15, 0.2) is 6.61 Å². The zero-order chi connectivity index (χ0) is 22.0. The van der Waals surface area contributed by atoms with Crippen LogP contribution < -0.4 is 10.1 Å². The van der Waals surface area contributed by atoms with E-state index in [1.54, 1.807) is 13.0 Å². The molecule has 1 aliphatic rings. The van der Waals surface area contributed by atoms with E-state index >= 15 is 0 Å². The number of esters is 1. The van der Waals surface area contributed by atoms with Gasteiger partial charge in [-0.3, -0.25) is 4.79 Å². The third-order valence-corrected chi connectivity index (χ3v) is 7.91. The summed E-state index contributed by atoms with van der Waals surface area (Å²) in [6, 6.07) is 1.79. The highest BCUT2D eigenvalue weighted by molar-refractivity contribution is 9.10. The minimum Gasteiger partial charge on any atom is -0.483 e. The summed E-state index contributed by atoms with van der Waals surface area (Å²) in [5, 5.41) is 4.07. The fraction of sp³-hybridized carbons (Fsp3) is 0.455. The second-order valence-electron chi connectivity index (χ2n) is 7.56. The summed E-state index contributed by atoms with van der Waals surface area (Å²) in [4.78, 5) is 26.3. The number of ether oxygens (including phenoxy) is 2. The van der Waals surface area contributed by atoms with Crippen LogP contribution in [0, 0.1) is 19.8 Å². The van der Waals surface area contributed by atoms with Crippen LogP contribution >= 0.6 is 38.9 Å². The number of anilines is 1. The van der Waals surface area contributed by atoms with E-state index in [9.17, 15) is 9.59 Å². The topological polar surface area (TPSA) is 64.6 Å². The molecule has 0 fully saturated rings. The Kier molecular flexibility index (Phi) is 7.47. The van der Waals surface area contributed by atoms with Crippen LogP contribution in [0.5, 0.6) is 5.75 Å². The summed E-state index contributed by atoms with van der Waals surface area (Å²) in [5.41, 5.74) is 3.24. The number of carbonyl (C=O) groups excluding carboxylic acids is 2. The van der Waals surface area contributed by atoms with E-state index in [2.05, 4.69) is 28.2 Å². The van der Waals surface area contributed by atoms with E-state index in [0.29, 0.717) is 33.9 Å². The molecule has 1 atom stereocenters. The molecule has 1 amide bonds. The molecule has 162 valence electrons. The van der Waals surface area contributed by atoms with Crippen molar-refractivity contribution in [2.45, 2.75) is 47.0 Å². The van der Waals surface area contributed by atoms with Crippen molar-refractivity contribution in [3.8, 4) is 5.75 Å². The summed E-state index contributed by atoms with van der Waals surface area (Å²) in [5.74, 6) is 0.401. The van der Waals surface area contributed by atoms with Gasteiger partial charge in [0, 0.05) is 9.90 Å². The molecule has 3 rings (SSSR count). The van der Waals surface area contributed by atoms with Gasteiger partial charge in [-0.25, -0.2) is 4.79 Å². The number of nitrogens with one attached hydrogen (secondary N) is 1. The number of benzene rings is 1. The number of thiophene rings is 1. The molecular weight excluding hydrogens is 490 g/mol. The summed E-state index contributed by atoms with van der Waals surface area (Å²) in [7, 11) is 0. The smallest absolute Gasteiger partial charge is 0.341 e. The number of fused-ring (bicyclic) bond motifs is 1. The first-order valence-electron chi connectivity index (χ1n) is 9.92. The fourth-order valence-electron chi connectivity index (χ4n) is 3.57. The Morgan fingerprint density at radius 3 is 2.80 bits per heavy atom. The first-order chi connectivity index (χ1) is 14.2. The van der Waals surface area contributed by atoms with Crippen molar-refractivity contribution < 1.29 is 19.1 Å². The summed E-state index contributed by atoms with van der Waals surface area (Å²) < 4.78 is 11.7. The van der Waals surface area contributed by atoms with E-state index in [1.807, 2.05) is 13.8 Å². The van der Waals surface area contributed by atoms with Crippen LogP contribution in [0.3, 0.4) is 0 Å². The van der Waals surface area contributed by atoms with Gasteiger partial charge >= 0.3 is 5.97 Å². The molecule has 1 N–H and O–H groups in total. The molecule has 0 saturated heterocycles. The Balaban J connectivity index is 1.78. The van der Waals surface area contributed by atoms with Gasteiger partial charge in [-0.05, 0) is 84.6 Å². The van der Waals surface area contributed by atoms with Gasteiger partial charge in [0.25, 0.3) is 5.91 Å². The number of amides is 1. The molecule has 1 unspecified atom stereocenters. The summed E-state index contributed by atoms with van der Waals surface area (Å²) in [6.45, 7) is 7.86. The maximum Gasteiger partial charge on any atom is 0.341 e. The summed E-state index contributed by atoms with van der Waals surface area (Å²) >= 11 is 11.2. The number of hydrogen-bond acceptors (Lipinski definition) is 5. The minimum atomic E-state index is -0.382. The Hall–Kier alpha value is -1.57. The predicted octanol–water partition coefficient (Wildman–Crippen LogP) is 6.10. The van der Waals surface area contributed by atoms with E-state index < -0.39 is 0 Å². The van der Waals surface area contributed by atoms with E-state index in [-0.39, 0.29) is 18.5 Å². The van der Waals surface area contributed by atoms with Gasteiger partial charge in [-0.1, -0.05) is 18.5 Å². The molecule has 1 aromatic heterocycles. The van der Waals surface area contributed by atoms with Gasteiger partial charge in [-0.15, -0.1) is 11.3 Å². The summed E-state index contributed by atoms with van der Waals surface area (Å²) in [6.07, 6.45) is 2.76. The molecule has 1 heterocycles. The Morgan fingerprint density at radius 1 is 1.37 bits per heavy atom.